The summed E-state index contributed by atoms with van der Waals surface area (Å²) in [6, 6.07) is 3.43. The molecule has 116 valence electrons. The number of amides is 2. The van der Waals surface area contributed by atoms with Gasteiger partial charge in [-0.3, -0.25) is 19.8 Å². The Labute approximate surface area is 124 Å². The summed E-state index contributed by atoms with van der Waals surface area (Å²) < 4.78 is 1.67. The largest absolute Gasteiger partial charge is 0.390 e. The van der Waals surface area contributed by atoms with Crippen LogP contribution >= 0.6 is 0 Å². The molecule has 1 aromatic heterocycles. The molecule has 1 aliphatic rings. The molecule has 0 aliphatic carbocycles. The number of aromatic nitrogens is 1. The second kappa shape index (κ2) is 6.41. The zero-order valence-electron chi connectivity index (χ0n) is 12.6. The van der Waals surface area contributed by atoms with Gasteiger partial charge in [-0.05, 0) is 44.9 Å². The fraction of sp³-hybridized carbons (Fsp3) is 0.600. The van der Waals surface area contributed by atoms with Gasteiger partial charge in [-0.25, -0.2) is 0 Å². The van der Waals surface area contributed by atoms with E-state index in [0.717, 1.165) is 19.4 Å². The number of aliphatic hydroxyl groups is 1. The minimum absolute atomic E-state index is 0.187. The molecular formula is C15H23N3O3. The molecule has 1 aromatic rings. The summed E-state index contributed by atoms with van der Waals surface area (Å²) >= 11 is 0. The molecular weight excluding hydrogens is 270 g/mol. The number of nitrogens with one attached hydrogen (secondary N) is 1. The van der Waals surface area contributed by atoms with Crippen LogP contribution in [0.2, 0.25) is 0 Å². The Morgan fingerprint density at radius 3 is 2.81 bits per heavy atom. The monoisotopic (exact) mass is 293 g/mol. The number of hydrogen-bond acceptors (Lipinski definition) is 4. The van der Waals surface area contributed by atoms with Crippen LogP contribution in [-0.4, -0.2) is 51.6 Å². The second-order valence-corrected chi connectivity index (χ2v) is 6.01. The predicted molar refractivity (Wildman–Crippen MR) is 78.8 cm³/mol. The average molecular weight is 293 g/mol. The van der Waals surface area contributed by atoms with Crippen molar-refractivity contribution in [2.24, 2.45) is 7.05 Å². The van der Waals surface area contributed by atoms with E-state index >= 15 is 0 Å². The molecule has 6 heteroatoms. The summed E-state index contributed by atoms with van der Waals surface area (Å²) in [5.74, 6) is -0.683. The molecule has 2 rings (SSSR count). The Hall–Kier alpha value is -1.66. The summed E-state index contributed by atoms with van der Waals surface area (Å²) in [4.78, 5) is 25.9. The Balaban J connectivity index is 1.85. The summed E-state index contributed by atoms with van der Waals surface area (Å²) in [6.45, 7) is 3.45. The zero-order chi connectivity index (χ0) is 15.5. The number of carbonyl (C=O) groups excluding carboxylic acids is 2. The molecule has 0 bridgehead atoms. The van der Waals surface area contributed by atoms with Gasteiger partial charge in [0.2, 0.25) is 5.91 Å². The van der Waals surface area contributed by atoms with Crippen LogP contribution in [0.5, 0.6) is 0 Å². The van der Waals surface area contributed by atoms with E-state index in [2.05, 4.69) is 5.32 Å². The van der Waals surface area contributed by atoms with Crippen LogP contribution in [0.1, 0.15) is 36.7 Å². The molecule has 2 amide bonds. The van der Waals surface area contributed by atoms with Crippen molar-refractivity contribution < 1.29 is 14.7 Å². The van der Waals surface area contributed by atoms with Crippen LogP contribution in [-0.2, 0) is 11.8 Å². The first kappa shape index (κ1) is 15.7. The Kier molecular flexibility index (Phi) is 4.80. The molecule has 6 nitrogen and oxygen atoms in total. The molecule has 0 spiro atoms. The van der Waals surface area contributed by atoms with Crippen LogP contribution in [0.25, 0.3) is 0 Å². The predicted octanol–water partition coefficient (Wildman–Crippen LogP) is 0.518. The van der Waals surface area contributed by atoms with Crippen molar-refractivity contribution >= 4 is 11.8 Å². The molecule has 1 fully saturated rings. The molecule has 1 saturated heterocycles. The molecule has 0 saturated carbocycles. The fourth-order valence-electron chi connectivity index (χ4n) is 2.61. The first-order chi connectivity index (χ1) is 9.87. The summed E-state index contributed by atoms with van der Waals surface area (Å²) in [7, 11) is 1.76. The lowest BCUT2D eigenvalue weighted by molar-refractivity contribution is -0.121. The van der Waals surface area contributed by atoms with E-state index in [1.54, 1.807) is 29.9 Å². The molecule has 2 N–H and O–H groups in total. The Bertz CT molecular complexity index is 522. The first-order valence-corrected chi connectivity index (χ1v) is 7.28. The van der Waals surface area contributed by atoms with E-state index in [9.17, 15) is 14.7 Å². The number of rotatable bonds is 3. The van der Waals surface area contributed by atoms with Gasteiger partial charge in [0.05, 0.1) is 12.1 Å². The standard InChI is InChI=1S/C15H23N3O3/c1-15(21)6-4-9-18(10-7-15)11-13(19)16-14(20)12-5-3-8-17(12)2/h3,5,8,21H,4,6-7,9-11H2,1-2H3,(H,16,19,20). The lowest BCUT2D eigenvalue weighted by Crippen LogP contribution is -2.41. The minimum atomic E-state index is -0.649. The number of nitrogens with zero attached hydrogens (tertiary/aromatic N) is 2. The Morgan fingerprint density at radius 2 is 2.14 bits per heavy atom. The quantitative estimate of drug-likeness (QED) is 0.852. The second-order valence-electron chi connectivity index (χ2n) is 6.01. The Morgan fingerprint density at radius 1 is 1.38 bits per heavy atom. The van der Waals surface area contributed by atoms with E-state index in [-0.39, 0.29) is 18.4 Å². The number of imide groups is 1. The van der Waals surface area contributed by atoms with Crippen molar-refractivity contribution in [3.63, 3.8) is 0 Å². The molecule has 21 heavy (non-hydrogen) atoms. The number of carbonyl (C=O) groups is 2. The molecule has 0 radical (unpaired) electrons. The van der Waals surface area contributed by atoms with Crippen molar-refractivity contribution in [2.75, 3.05) is 19.6 Å². The molecule has 1 unspecified atom stereocenters. The molecule has 2 heterocycles. The van der Waals surface area contributed by atoms with E-state index in [1.165, 1.54) is 0 Å². The number of hydrogen-bond donors (Lipinski definition) is 2. The van der Waals surface area contributed by atoms with Gasteiger partial charge in [0.1, 0.15) is 5.69 Å². The third-order valence-corrected chi connectivity index (χ3v) is 3.95. The highest BCUT2D eigenvalue weighted by molar-refractivity contribution is 6.04. The maximum absolute atomic E-state index is 12.0. The maximum Gasteiger partial charge on any atom is 0.274 e. The van der Waals surface area contributed by atoms with Gasteiger partial charge in [-0.2, -0.15) is 0 Å². The van der Waals surface area contributed by atoms with Crippen LogP contribution in [0.3, 0.4) is 0 Å². The van der Waals surface area contributed by atoms with E-state index < -0.39 is 5.60 Å². The van der Waals surface area contributed by atoms with Gasteiger partial charge >= 0.3 is 0 Å². The highest BCUT2D eigenvalue weighted by Gasteiger charge is 2.26. The minimum Gasteiger partial charge on any atom is -0.390 e. The molecule has 0 aromatic carbocycles. The lowest BCUT2D eigenvalue weighted by atomic mass is 9.98. The first-order valence-electron chi connectivity index (χ1n) is 7.28. The SMILES string of the molecule is Cn1cccc1C(=O)NC(=O)CN1CCCC(C)(O)CC1. The van der Waals surface area contributed by atoms with Crippen molar-refractivity contribution in [2.45, 2.75) is 31.8 Å². The van der Waals surface area contributed by atoms with E-state index in [0.29, 0.717) is 18.7 Å². The van der Waals surface area contributed by atoms with Crippen LogP contribution in [0.15, 0.2) is 18.3 Å². The van der Waals surface area contributed by atoms with E-state index in [4.69, 9.17) is 0 Å². The van der Waals surface area contributed by atoms with Crippen molar-refractivity contribution in [1.29, 1.82) is 0 Å². The summed E-state index contributed by atoms with van der Waals surface area (Å²) in [5.41, 5.74) is -0.188. The third-order valence-electron chi connectivity index (χ3n) is 3.95. The number of aryl methyl sites for hydroxylation is 1. The number of likely N-dealkylation sites (tertiary alicyclic amines) is 1. The lowest BCUT2D eigenvalue weighted by Gasteiger charge is -2.21. The van der Waals surface area contributed by atoms with Crippen LogP contribution < -0.4 is 5.32 Å². The highest BCUT2D eigenvalue weighted by Crippen LogP contribution is 2.20. The van der Waals surface area contributed by atoms with Crippen molar-refractivity contribution in [3.8, 4) is 0 Å². The highest BCUT2D eigenvalue weighted by atomic mass is 16.3. The average Bonchev–Trinajstić information content (AvgIpc) is 2.74. The van der Waals surface area contributed by atoms with Gasteiger partial charge in [-0.15, -0.1) is 0 Å². The zero-order valence-corrected chi connectivity index (χ0v) is 12.6. The van der Waals surface area contributed by atoms with Gasteiger partial charge in [0, 0.05) is 19.8 Å². The smallest absolute Gasteiger partial charge is 0.274 e. The summed E-state index contributed by atoms with van der Waals surface area (Å²) in [5, 5.41) is 12.4. The van der Waals surface area contributed by atoms with Gasteiger partial charge < -0.3 is 9.67 Å². The maximum atomic E-state index is 12.0. The fourth-order valence-corrected chi connectivity index (χ4v) is 2.61. The van der Waals surface area contributed by atoms with Crippen LogP contribution in [0, 0.1) is 0 Å². The topological polar surface area (TPSA) is 74.6 Å². The summed E-state index contributed by atoms with van der Waals surface area (Å²) in [6.07, 6.45) is 4.00. The van der Waals surface area contributed by atoms with Gasteiger partial charge in [0.15, 0.2) is 0 Å². The molecule has 1 atom stereocenters. The third kappa shape index (κ3) is 4.41. The van der Waals surface area contributed by atoms with Gasteiger partial charge in [0.25, 0.3) is 5.91 Å². The molecule has 1 aliphatic heterocycles. The van der Waals surface area contributed by atoms with Crippen LogP contribution in [0.4, 0.5) is 0 Å². The van der Waals surface area contributed by atoms with E-state index in [1.807, 2.05) is 11.8 Å². The normalized spacial score (nSPS) is 23.6. The van der Waals surface area contributed by atoms with Crippen molar-refractivity contribution in [1.82, 2.24) is 14.8 Å². The van der Waals surface area contributed by atoms with Crippen molar-refractivity contribution in [3.05, 3.63) is 24.0 Å². The van der Waals surface area contributed by atoms with Gasteiger partial charge in [-0.1, -0.05) is 0 Å².